The summed E-state index contributed by atoms with van der Waals surface area (Å²) < 4.78 is 35.2. The van der Waals surface area contributed by atoms with Crippen LogP contribution in [-0.2, 0) is 28.4 Å². The van der Waals surface area contributed by atoms with Crippen molar-refractivity contribution < 1.29 is 28.4 Å². The van der Waals surface area contributed by atoms with E-state index in [1.165, 1.54) is 116 Å². The van der Waals surface area contributed by atoms with Crippen molar-refractivity contribution in [3.63, 3.8) is 0 Å². The van der Waals surface area contributed by atoms with E-state index < -0.39 is 11.9 Å². The third kappa shape index (κ3) is 23.1. The van der Waals surface area contributed by atoms with E-state index in [1.807, 2.05) is 41.5 Å². The number of hydrogen-bond donors (Lipinski definition) is 0. The second-order valence-electron chi connectivity index (χ2n) is 12.4. The SMILES string of the molecule is CCCCCC(CCCCCCCCCC(OCC)(OCC)OCC)CCCCCCCCCC(OCC)(OCC)OCC. The molecule has 0 aliphatic carbocycles. The highest BCUT2D eigenvalue weighted by atomic mass is 16.9. The molecule has 0 N–H and O–H groups in total. The summed E-state index contributed by atoms with van der Waals surface area (Å²) in [6, 6.07) is 0. The first-order valence-corrected chi connectivity index (χ1v) is 19.3. The topological polar surface area (TPSA) is 55.4 Å². The molecule has 0 aromatic heterocycles. The van der Waals surface area contributed by atoms with Crippen LogP contribution in [0.3, 0.4) is 0 Å². The lowest BCUT2D eigenvalue weighted by atomic mass is 9.89. The van der Waals surface area contributed by atoms with Gasteiger partial charge in [0.05, 0.1) is 0 Å². The van der Waals surface area contributed by atoms with E-state index in [0.29, 0.717) is 39.6 Å². The maximum Gasteiger partial charge on any atom is 0.282 e. The fourth-order valence-electron chi connectivity index (χ4n) is 6.44. The molecule has 6 heteroatoms. The maximum atomic E-state index is 5.86. The minimum atomic E-state index is -0.837. The first-order chi connectivity index (χ1) is 21.5. The summed E-state index contributed by atoms with van der Waals surface area (Å²) in [6.45, 7) is 18.0. The number of unbranched alkanes of at least 4 members (excludes halogenated alkanes) is 14. The third-order valence-corrected chi connectivity index (χ3v) is 8.59. The lowest BCUT2D eigenvalue weighted by Gasteiger charge is -2.32. The van der Waals surface area contributed by atoms with Gasteiger partial charge in [-0.25, -0.2) is 0 Å². The highest BCUT2D eigenvalue weighted by Gasteiger charge is 2.32. The van der Waals surface area contributed by atoms with Crippen LogP contribution in [0.25, 0.3) is 0 Å². The van der Waals surface area contributed by atoms with Gasteiger partial charge in [0.2, 0.25) is 0 Å². The molecule has 0 radical (unpaired) electrons. The summed E-state index contributed by atoms with van der Waals surface area (Å²) in [4.78, 5) is 0. The molecule has 266 valence electrons. The predicted molar refractivity (Wildman–Crippen MR) is 186 cm³/mol. The van der Waals surface area contributed by atoms with Gasteiger partial charge >= 0.3 is 0 Å². The van der Waals surface area contributed by atoms with Crippen molar-refractivity contribution in [2.75, 3.05) is 39.6 Å². The van der Waals surface area contributed by atoms with E-state index in [9.17, 15) is 0 Å². The Morgan fingerprint density at radius 3 is 0.841 bits per heavy atom. The van der Waals surface area contributed by atoms with Crippen LogP contribution in [0.15, 0.2) is 0 Å². The molecule has 0 fully saturated rings. The summed E-state index contributed by atoms with van der Waals surface area (Å²) in [5.41, 5.74) is 0. The van der Waals surface area contributed by atoms with Crippen molar-refractivity contribution in [2.45, 2.75) is 202 Å². The molecule has 0 bridgehead atoms. The summed E-state index contributed by atoms with van der Waals surface area (Å²) in [7, 11) is 0. The maximum absolute atomic E-state index is 5.86. The molecule has 0 saturated carbocycles. The second kappa shape index (κ2) is 31.4. The van der Waals surface area contributed by atoms with Crippen LogP contribution in [0.5, 0.6) is 0 Å². The minimum absolute atomic E-state index is 0.612. The molecule has 44 heavy (non-hydrogen) atoms. The predicted octanol–water partition coefficient (Wildman–Crippen LogP) is 11.7. The van der Waals surface area contributed by atoms with Crippen molar-refractivity contribution in [1.82, 2.24) is 0 Å². The van der Waals surface area contributed by atoms with Crippen LogP contribution in [-0.4, -0.2) is 51.6 Å². The summed E-state index contributed by atoms with van der Waals surface area (Å²) in [5, 5.41) is 0. The van der Waals surface area contributed by atoms with Gasteiger partial charge in [-0.1, -0.05) is 122 Å². The summed E-state index contributed by atoms with van der Waals surface area (Å²) in [5.74, 6) is -0.735. The van der Waals surface area contributed by atoms with Gasteiger partial charge in [0.25, 0.3) is 11.9 Å². The lowest BCUT2D eigenvalue weighted by Crippen LogP contribution is -2.39. The zero-order valence-electron chi connectivity index (χ0n) is 30.8. The molecule has 0 atom stereocenters. The van der Waals surface area contributed by atoms with Crippen LogP contribution in [0.2, 0.25) is 0 Å². The molecule has 0 aliphatic rings. The Labute approximate surface area is 275 Å². The molecule has 0 spiro atoms. The standard InChI is InChI=1S/C38H78O6/c1-8-15-26-31-36(32-27-22-18-16-20-24-29-34-37(39-9-2,40-10-3)41-11-4)33-28-23-19-17-21-25-30-35-38(42-12-5,43-13-6)44-14-7/h36H,8-35H2,1-7H3. The molecule has 0 aromatic carbocycles. The summed E-state index contributed by atoms with van der Waals surface area (Å²) in [6.07, 6.45) is 28.3. The van der Waals surface area contributed by atoms with Crippen molar-refractivity contribution >= 4 is 0 Å². The number of ether oxygens (including phenoxy) is 6. The monoisotopic (exact) mass is 631 g/mol. The third-order valence-electron chi connectivity index (χ3n) is 8.59. The van der Waals surface area contributed by atoms with E-state index in [0.717, 1.165) is 31.6 Å². The van der Waals surface area contributed by atoms with Crippen molar-refractivity contribution in [3.8, 4) is 0 Å². The normalized spacial score (nSPS) is 12.5. The molecular formula is C38H78O6. The average Bonchev–Trinajstić information content (AvgIpc) is 3.00. The minimum Gasteiger partial charge on any atom is -0.328 e. The van der Waals surface area contributed by atoms with Crippen molar-refractivity contribution in [3.05, 3.63) is 0 Å². The zero-order valence-corrected chi connectivity index (χ0v) is 30.8. The van der Waals surface area contributed by atoms with Gasteiger partial charge in [-0.15, -0.1) is 0 Å². The number of rotatable bonds is 36. The van der Waals surface area contributed by atoms with Gasteiger partial charge < -0.3 is 28.4 Å². The van der Waals surface area contributed by atoms with Gasteiger partial charge in [0.1, 0.15) is 0 Å². The van der Waals surface area contributed by atoms with Crippen LogP contribution < -0.4 is 0 Å². The Morgan fingerprint density at radius 2 is 0.568 bits per heavy atom. The van der Waals surface area contributed by atoms with Crippen LogP contribution in [0.1, 0.15) is 190 Å². The molecule has 0 saturated heterocycles. The van der Waals surface area contributed by atoms with Gasteiger partial charge in [-0.05, 0) is 60.3 Å². The molecule has 0 aliphatic heterocycles. The molecule has 0 unspecified atom stereocenters. The average molecular weight is 631 g/mol. The van der Waals surface area contributed by atoms with Crippen molar-refractivity contribution in [2.24, 2.45) is 5.92 Å². The smallest absolute Gasteiger partial charge is 0.282 e. The zero-order chi connectivity index (χ0) is 32.6. The van der Waals surface area contributed by atoms with E-state index >= 15 is 0 Å². The molecule has 0 rings (SSSR count). The Hall–Kier alpha value is -0.240. The fraction of sp³-hybridized carbons (Fsp3) is 1.00. The summed E-state index contributed by atoms with van der Waals surface area (Å²) >= 11 is 0. The molecule has 6 nitrogen and oxygen atoms in total. The Bertz CT molecular complexity index is 493. The van der Waals surface area contributed by atoms with E-state index in [1.54, 1.807) is 0 Å². The lowest BCUT2D eigenvalue weighted by molar-refractivity contribution is -0.380. The van der Waals surface area contributed by atoms with E-state index in [2.05, 4.69) is 6.92 Å². The molecule has 0 heterocycles. The van der Waals surface area contributed by atoms with Crippen LogP contribution >= 0.6 is 0 Å². The quantitative estimate of drug-likeness (QED) is 0.0507. The Kier molecular flexibility index (Phi) is 31.2. The highest BCUT2D eigenvalue weighted by molar-refractivity contribution is 4.63. The Morgan fingerprint density at radius 1 is 0.318 bits per heavy atom. The van der Waals surface area contributed by atoms with E-state index in [4.69, 9.17) is 28.4 Å². The largest absolute Gasteiger partial charge is 0.328 e. The highest BCUT2D eigenvalue weighted by Crippen LogP contribution is 2.27. The first-order valence-electron chi connectivity index (χ1n) is 19.3. The molecule has 0 amide bonds. The van der Waals surface area contributed by atoms with E-state index in [-0.39, 0.29) is 0 Å². The second-order valence-corrected chi connectivity index (χ2v) is 12.4. The van der Waals surface area contributed by atoms with Crippen LogP contribution in [0.4, 0.5) is 0 Å². The first kappa shape index (κ1) is 43.8. The molecule has 0 aromatic rings. The number of hydrogen-bond acceptors (Lipinski definition) is 6. The van der Waals surface area contributed by atoms with Gasteiger partial charge in [0.15, 0.2) is 0 Å². The Balaban J connectivity index is 4.10. The van der Waals surface area contributed by atoms with Gasteiger partial charge in [-0.2, -0.15) is 0 Å². The van der Waals surface area contributed by atoms with Crippen molar-refractivity contribution in [1.29, 1.82) is 0 Å². The fourth-order valence-corrected chi connectivity index (χ4v) is 6.44. The molecular weight excluding hydrogens is 552 g/mol. The van der Waals surface area contributed by atoms with Gasteiger partial charge in [0, 0.05) is 52.5 Å². The van der Waals surface area contributed by atoms with Crippen LogP contribution in [0, 0.1) is 5.92 Å². The van der Waals surface area contributed by atoms with Gasteiger partial charge in [-0.3, -0.25) is 0 Å².